The van der Waals surface area contributed by atoms with Crippen LogP contribution in [0.25, 0.3) is 0 Å². The topological polar surface area (TPSA) is 101 Å². The summed E-state index contributed by atoms with van der Waals surface area (Å²) in [6, 6.07) is 12.5. The van der Waals surface area contributed by atoms with E-state index in [2.05, 4.69) is 80.3 Å². The molecule has 0 saturated heterocycles. The smallest absolute Gasteiger partial charge is 0.320 e. The van der Waals surface area contributed by atoms with Crippen molar-refractivity contribution in [1.82, 2.24) is 15.0 Å². The summed E-state index contributed by atoms with van der Waals surface area (Å²) < 4.78 is 6.05. The number of hydrogen-bond acceptors (Lipinski definition) is 8. The van der Waals surface area contributed by atoms with Crippen molar-refractivity contribution < 1.29 is 4.74 Å². The van der Waals surface area contributed by atoms with Gasteiger partial charge in [-0.3, -0.25) is 4.98 Å². The van der Waals surface area contributed by atoms with Gasteiger partial charge in [0.15, 0.2) is 11.6 Å². The maximum Gasteiger partial charge on any atom is 0.320 e. The van der Waals surface area contributed by atoms with E-state index in [1.165, 1.54) is 11.1 Å². The second-order valence-electron chi connectivity index (χ2n) is 9.97. The average molecular weight is 506 g/mol. The Labute approximate surface area is 222 Å². The van der Waals surface area contributed by atoms with E-state index in [1.54, 1.807) is 0 Å². The minimum atomic E-state index is -0.533. The first-order valence-corrected chi connectivity index (χ1v) is 13.3. The molecule has 0 atom stereocenters. The van der Waals surface area contributed by atoms with Crippen molar-refractivity contribution in [3.63, 3.8) is 0 Å². The summed E-state index contributed by atoms with van der Waals surface area (Å²) in [6.45, 7) is 14.9. The highest BCUT2D eigenvalue weighted by Gasteiger charge is 2.24. The lowest BCUT2D eigenvalue weighted by molar-refractivity contribution is 0.286. The van der Waals surface area contributed by atoms with Crippen LogP contribution in [0.4, 0.5) is 23.0 Å². The van der Waals surface area contributed by atoms with Crippen molar-refractivity contribution in [3.8, 4) is 6.01 Å². The molecule has 3 aromatic rings. The van der Waals surface area contributed by atoms with Crippen LogP contribution in [0.15, 0.2) is 42.6 Å². The summed E-state index contributed by atoms with van der Waals surface area (Å²) in [4.78, 5) is 16.0. The number of nitrogens with zero attached hydrogens (tertiary/aromatic N) is 4. The fraction of sp³-hybridized carbons (Fsp3) is 0.483. The quantitative estimate of drug-likeness (QED) is 0.182. The number of pyridine rings is 1. The lowest BCUT2D eigenvalue weighted by Gasteiger charge is -2.32. The molecule has 8 nitrogen and oxygen atoms in total. The maximum atomic E-state index is 6.68. The van der Waals surface area contributed by atoms with Gasteiger partial charge in [-0.25, -0.2) is 0 Å². The van der Waals surface area contributed by atoms with Crippen molar-refractivity contribution in [3.05, 3.63) is 59.4 Å². The SMILES string of the molecule is CCCN(CCC)c1nc(OCCCc2ccccn2)nc(NC(C)(C)Nc2cccc(C)c2C)c1N. The normalized spacial score (nSPS) is 11.3. The number of rotatable bonds is 14. The lowest BCUT2D eigenvalue weighted by Crippen LogP contribution is -2.40. The summed E-state index contributed by atoms with van der Waals surface area (Å²) in [7, 11) is 0. The summed E-state index contributed by atoms with van der Waals surface area (Å²) in [5.41, 5.74) is 11.2. The van der Waals surface area contributed by atoms with Gasteiger partial charge in [-0.1, -0.05) is 32.0 Å². The highest BCUT2D eigenvalue weighted by Crippen LogP contribution is 2.32. The Morgan fingerprint density at radius 1 is 0.973 bits per heavy atom. The third-order valence-corrected chi connectivity index (χ3v) is 6.21. The number of nitrogen functional groups attached to an aromatic ring is 1. The van der Waals surface area contributed by atoms with Crippen molar-refractivity contribution in [2.24, 2.45) is 0 Å². The van der Waals surface area contributed by atoms with Crippen molar-refractivity contribution in [2.45, 2.75) is 72.9 Å². The molecule has 37 heavy (non-hydrogen) atoms. The van der Waals surface area contributed by atoms with E-state index in [4.69, 9.17) is 20.4 Å². The molecule has 8 heteroatoms. The van der Waals surface area contributed by atoms with E-state index in [0.717, 1.165) is 50.2 Å². The van der Waals surface area contributed by atoms with Gasteiger partial charge in [-0.05, 0) is 82.7 Å². The van der Waals surface area contributed by atoms with Crippen molar-refractivity contribution in [1.29, 1.82) is 0 Å². The molecule has 0 aliphatic heterocycles. The minimum absolute atomic E-state index is 0.326. The van der Waals surface area contributed by atoms with Gasteiger partial charge < -0.3 is 26.0 Å². The molecule has 0 aliphatic rings. The molecule has 0 spiro atoms. The molecule has 4 N–H and O–H groups in total. The molecule has 0 fully saturated rings. The number of nitrogens with one attached hydrogen (secondary N) is 2. The fourth-order valence-electron chi connectivity index (χ4n) is 4.22. The first-order valence-electron chi connectivity index (χ1n) is 13.3. The molecule has 0 aliphatic carbocycles. The van der Waals surface area contributed by atoms with E-state index >= 15 is 0 Å². The molecule has 2 aromatic heterocycles. The molecule has 0 saturated carbocycles. The molecule has 0 unspecified atom stereocenters. The van der Waals surface area contributed by atoms with E-state index in [0.29, 0.717) is 29.9 Å². The monoisotopic (exact) mass is 505 g/mol. The molecule has 3 rings (SSSR count). The third-order valence-electron chi connectivity index (χ3n) is 6.21. The summed E-state index contributed by atoms with van der Waals surface area (Å²) in [6.07, 6.45) is 5.44. The zero-order valence-electron chi connectivity index (χ0n) is 23.3. The van der Waals surface area contributed by atoms with Gasteiger partial charge in [0.2, 0.25) is 0 Å². The Morgan fingerprint density at radius 2 is 1.73 bits per heavy atom. The molecular weight excluding hydrogens is 462 g/mol. The van der Waals surface area contributed by atoms with Gasteiger partial charge in [0.1, 0.15) is 11.4 Å². The van der Waals surface area contributed by atoms with Crippen LogP contribution in [-0.4, -0.2) is 40.3 Å². The van der Waals surface area contributed by atoms with Crippen LogP contribution in [0.1, 0.15) is 63.8 Å². The number of hydrogen-bond donors (Lipinski definition) is 3. The van der Waals surface area contributed by atoms with Crippen LogP contribution < -0.4 is 26.0 Å². The molecule has 1 aromatic carbocycles. The van der Waals surface area contributed by atoms with Gasteiger partial charge in [-0.2, -0.15) is 9.97 Å². The van der Waals surface area contributed by atoms with Gasteiger partial charge >= 0.3 is 6.01 Å². The second kappa shape index (κ2) is 13.1. The maximum absolute atomic E-state index is 6.68. The number of anilines is 4. The van der Waals surface area contributed by atoms with Crippen LogP contribution in [0.2, 0.25) is 0 Å². The van der Waals surface area contributed by atoms with E-state index in [9.17, 15) is 0 Å². The van der Waals surface area contributed by atoms with E-state index < -0.39 is 5.66 Å². The number of nitrogens with two attached hydrogens (primary N) is 1. The molecule has 0 radical (unpaired) electrons. The molecule has 0 bridgehead atoms. The van der Waals surface area contributed by atoms with E-state index in [-0.39, 0.29) is 0 Å². The number of ether oxygens (including phenoxy) is 1. The van der Waals surface area contributed by atoms with Gasteiger partial charge in [0.05, 0.1) is 6.61 Å². The number of aromatic nitrogens is 3. The average Bonchev–Trinajstić information content (AvgIpc) is 2.86. The summed E-state index contributed by atoms with van der Waals surface area (Å²) >= 11 is 0. The number of aryl methyl sites for hydroxylation is 2. The van der Waals surface area contributed by atoms with Gasteiger partial charge in [0, 0.05) is 30.7 Å². The molecule has 0 amide bonds. The largest absolute Gasteiger partial charge is 0.463 e. The predicted molar refractivity (Wildman–Crippen MR) is 155 cm³/mol. The Bertz CT molecular complexity index is 1130. The standard InChI is InChI=1S/C29H43N7O/c1-7-18-36(19-8-2)27-25(30)26(35-29(5,6)34-24-16-11-13-21(3)22(24)4)32-28(33-27)37-20-12-15-23-14-9-10-17-31-23/h9-11,13-14,16-17,34H,7-8,12,15,18-20,30H2,1-6H3,(H,32,33,35). The molecular formula is C29H43N7O. The van der Waals surface area contributed by atoms with Crippen LogP contribution >= 0.6 is 0 Å². The predicted octanol–water partition coefficient (Wildman–Crippen LogP) is 5.97. The summed E-state index contributed by atoms with van der Waals surface area (Å²) in [5.74, 6) is 1.27. The summed E-state index contributed by atoms with van der Waals surface area (Å²) in [5, 5.41) is 7.12. The molecule has 2 heterocycles. The van der Waals surface area contributed by atoms with Crippen LogP contribution in [0, 0.1) is 13.8 Å². The Morgan fingerprint density at radius 3 is 2.41 bits per heavy atom. The fourth-order valence-corrected chi connectivity index (χ4v) is 4.22. The van der Waals surface area contributed by atoms with Gasteiger partial charge in [0.25, 0.3) is 0 Å². The first-order chi connectivity index (χ1) is 17.7. The lowest BCUT2D eigenvalue weighted by atomic mass is 10.1. The highest BCUT2D eigenvalue weighted by molar-refractivity contribution is 5.76. The Kier molecular flexibility index (Phi) is 9.94. The first kappa shape index (κ1) is 28.0. The second-order valence-corrected chi connectivity index (χ2v) is 9.97. The Hall–Kier alpha value is -3.55. The zero-order chi connectivity index (χ0) is 26.8. The Balaban J connectivity index is 1.84. The minimum Gasteiger partial charge on any atom is -0.463 e. The third kappa shape index (κ3) is 7.97. The molecule has 200 valence electrons. The van der Waals surface area contributed by atoms with Crippen LogP contribution in [-0.2, 0) is 6.42 Å². The van der Waals surface area contributed by atoms with Gasteiger partial charge in [-0.15, -0.1) is 0 Å². The van der Waals surface area contributed by atoms with Crippen LogP contribution in [0.3, 0.4) is 0 Å². The zero-order valence-corrected chi connectivity index (χ0v) is 23.3. The number of benzene rings is 1. The van der Waals surface area contributed by atoms with Crippen LogP contribution in [0.5, 0.6) is 6.01 Å². The highest BCUT2D eigenvalue weighted by atomic mass is 16.5. The van der Waals surface area contributed by atoms with E-state index in [1.807, 2.05) is 24.4 Å². The van der Waals surface area contributed by atoms with Crippen molar-refractivity contribution >= 4 is 23.0 Å². The van der Waals surface area contributed by atoms with Crippen molar-refractivity contribution in [2.75, 3.05) is 41.0 Å².